The van der Waals surface area contributed by atoms with Gasteiger partial charge in [-0.3, -0.25) is 9.59 Å². The summed E-state index contributed by atoms with van der Waals surface area (Å²) in [6.07, 6.45) is -0.0897. The molecule has 2 atom stereocenters. The molecule has 0 heterocycles. The molecule has 2 N–H and O–H groups in total. The van der Waals surface area contributed by atoms with E-state index in [1.807, 2.05) is 50.2 Å². The van der Waals surface area contributed by atoms with Crippen molar-refractivity contribution in [2.75, 3.05) is 33.4 Å². The molecule has 1 unspecified atom stereocenters. The molecule has 34 heavy (non-hydrogen) atoms. The van der Waals surface area contributed by atoms with Gasteiger partial charge >= 0.3 is 12.1 Å². The molecular weight excluding hydrogens is 436 g/mol. The van der Waals surface area contributed by atoms with Crippen molar-refractivity contribution in [2.24, 2.45) is 5.92 Å². The van der Waals surface area contributed by atoms with Crippen LogP contribution < -0.4 is 5.32 Å². The third-order valence-corrected chi connectivity index (χ3v) is 6.30. The highest BCUT2D eigenvalue weighted by Crippen LogP contribution is 2.44. The topological polar surface area (TPSA) is 105 Å². The van der Waals surface area contributed by atoms with Crippen molar-refractivity contribution in [3.8, 4) is 11.1 Å². The molecule has 0 aromatic heterocycles. The second-order valence-corrected chi connectivity index (χ2v) is 8.48. The molecule has 0 radical (unpaired) electrons. The molecule has 182 valence electrons. The van der Waals surface area contributed by atoms with Crippen LogP contribution in [0.5, 0.6) is 0 Å². The Morgan fingerprint density at radius 2 is 1.65 bits per heavy atom. The monoisotopic (exact) mass is 468 g/mol. The first-order chi connectivity index (χ1) is 16.4. The predicted molar refractivity (Wildman–Crippen MR) is 128 cm³/mol. The summed E-state index contributed by atoms with van der Waals surface area (Å²) in [5.41, 5.74) is 4.45. The van der Waals surface area contributed by atoms with E-state index in [2.05, 4.69) is 17.4 Å². The van der Waals surface area contributed by atoms with E-state index in [1.54, 1.807) is 0 Å². The SMILES string of the molecule is CCC(C)[C@H](NC(=O)OCC1c2ccccc2-c2ccccc21)C(=O)N(CCOC)CC(=O)O. The standard InChI is InChI=1S/C26H32N2O6/c1-4-17(2)24(25(31)28(13-14-33-3)15-23(29)30)27-26(32)34-16-22-20-11-7-5-9-18(20)19-10-6-8-12-21(19)22/h5-12,17,22,24H,4,13-16H2,1-3H3,(H,27,32)(H,29,30)/t17?,24-/m0/s1. The normalized spacial score (nSPS) is 14.0. The average Bonchev–Trinajstić information content (AvgIpc) is 3.16. The van der Waals surface area contributed by atoms with Gasteiger partial charge in [-0.2, -0.15) is 0 Å². The number of carbonyl (C=O) groups excluding carboxylic acids is 2. The van der Waals surface area contributed by atoms with Crippen LogP contribution in [-0.2, 0) is 19.1 Å². The molecule has 0 fully saturated rings. The first-order valence-corrected chi connectivity index (χ1v) is 11.5. The van der Waals surface area contributed by atoms with E-state index in [-0.39, 0.29) is 31.6 Å². The number of carboxylic acid groups (broad SMARTS) is 1. The van der Waals surface area contributed by atoms with Crippen molar-refractivity contribution in [3.05, 3.63) is 59.7 Å². The van der Waals surface area contributed by atoms with Crippen LogP contribution in [0.4, 0.5) is 4.79 Å². The number of fused-ring (bicyclic) bond motifs is 3. The lowest BCUT2D eigenvalue weighted by atomic mass is 9.97. The quantitative estimate of drug-likeness (QED) is 0.523. The minimum absolute atomic E-state index is 0.0962. The van der Waals surface area contributed by atoms with E-state index in [0.29, 0.717) is 6.42 Å². The van der Waals surface area contributed by atoms with E-state index in [4.69, 9.17) is 9.47 Å². The maximum absolute atomic E-state index is 13.1. The number of benzene rings is 2. The zero-order chi connectivity index (χ0) is 24.7. The van der Waals surface area contributed by atoms with Crippen molar-refractivity contribution in [2.45, 2.75) is 32.2 Å². The van der Waals surface area contributed by atoms with Gasteiger partial charge in [-0.1, -0.05) is 68.8 Å². The number of hydrogen-bond donors (Lipinski definition) is 2. The van der Waals surface area contributed by atoms with Crippen LogP contribution in [0.1, 0.15) is 37.3 Å². The predicted octanol–water partition coefficient (Wildman–Crippen LogP) is 3.50. The third-order valence-electron chi connectivity index (χ3n) is 6.30. The highest BCUT2D eigenvalue weighted by atomic mass is 16.5. The molecule has 8 heteroatoms. The molecule has 0 saturated carbocycles. The number of nitrogens with one attached hydrogen (secondary N) is 1. The lowest BCUT2D eigenvalue weighted by Gasteiger charge is -2.29. The molecule has 0 bridgehead atoms. The van der Waals surface area contributed by atoms with Gasteiger partial charge < -0.3 is 24.8 Å². The van der Waals surface area contributed by atoms with E-state index >= 15 is 0 Å². The number of carbonyl (C=O) groups is 3. The van der Waals surface area contributed by atoms with Gasteiger partial charge in [0.1, 0.15) is 19.2 Å². The first kappa shape index (κ1) is 25.2. The molecule has 2 aromatic carbocycles. The highest BCUT2D eigenvalue weighted by molar-refractivity contribution is 5.88. The Morgan fingerprint density at radius 1 is 1.06 bits per heavy atom. The van der Waals surface area contributed by atoms with Crippen LogP contribution in [0, 0.1) is 5.92 Å². The zero-order valence-electron chi connectivity index (χ0n) is 19.8. The summed E-state index contributed by atoms with van der Waals surface area (Å²) in [6.45, 7) is 3.70. The van der Waals surface area contributed by atoms with Gasteiger partial charge in [0.15, 0.2) is 0 Å². The van der Waals surface area contributed by atoms with E-state index < -0.39 is 30.6 Å². The maximum atomic E-state index is 13.1. The number of ether oxygens (including phenoxy) is 2. The summed E-state index contributed by atoms with van der Waals surface area (Å²) < 4.78 is 10.6. The number of aliphatic carboxylic acids is 1. The van der Waals surface area contributed by atoms with Crippen LogP contribution in [0.15, 0.2) is 48.5 Å². The van der Waals surface area contributed by atoms with Gasteiger partial charge in [-0.25, -0.2) is 4.79 Å². The van der Waals surface area contributed by atoms with Gasteiger partial charge in [-0.05, 0) is 28.2 Å². The number of rotatable bonds is 11. The van der Waals surface area contributed by atoms with E-state index in [1.165, 1.54) is 12.0 Å². The molecule has 0 aliphatic heterocycles. The van der Waals surface area contributed by atoms with Crippen LogP contribution in [0.2, 0.25) is 0 Å². The smallest absolute Gasteiger partial charge is 0.407 e. The Kier molecular flexibility index (Phi) is 8.65. The van der Waals surface area contributed by atoms with Gasteiger partial charge in [0.2, 0.25) is 5.91 Å². The molecule has 1 aliphatic carbocycles. The van der Waals surface area contributed by atoms with Crippen LogP contribution in [-0.4, -0.2) is 67.4 Å². The van der Waals surface area contributed by atoms with Crippen molar-refractivity contribution in [1.29, 1.82) is 0 Å². The average molecular weight is 469 g/mol. The number of carboxylic acids is 1. The molecule has 3 rings (SSSR count). The lowest BCUT2D eigenvalue weighted by Crippen LogP contribution is -2.53. The molecule has 2 aromatic rings. The van der Waals surface area contributed by atoms with Gasteiger partial charge in [0.05, 0.1) is 6.61 Å². The van der Waals surface area contributed by atoms with Crippen LogP contribution in [0.3, 0.4) is 0 Å². The largest absolute Gasteiger partial charge is 0.480 e. The summed E-state index contributed by atoms with van der Waals surface area (Å²) in [7, 11) is 1.48. The Morgan fingerprint density at radius 3 is 2.18 bits per heavy atom. The molecule has 2 amide bonds. The zero-order valence-corrected chi connectivity index (χ0v) is 19.8. The summed E-state index contributed by atoms with van der Waals surface area (Å²) in [6, 6.07) is 15.2. The highest BCUT2D eigenvalue weighted by Gasteiger charge is 2.33. The molecule has 0 spiro atoms. The Bertz CT molecular complexity index is 978. The Labute approximate surface area is 199 Å². The Hall–Kier alpha value is -3.39. The molecule has 1 aliphatic rings. The third kappa shape index (κ3) is 5.75. The minimum atomic E-state index is -1.13. The minimum Gasteiger partial charge on any atom is -0.480 e. The first-order valence-electron chi connectivity index (χ1n) is 11.5. The van der Waals surface area contributed by atoms with Crippen molar-refractivity contribution in [3.63, 3.8) is 0 Å². The van der Waals surface area contributed by atoms with E-state index in [9.17, 15) is 19.5 Å². The van der Waals surface area contributed by atoms with Crippen LogP contribution in [0.25, 0.3) is 11.1 Å². The second-order valence-electron chi connectivity index (χ2n) is 8.48. The number of hydrogen-bond acceptors (Lipinski definition) is 5. The fourth-order valence-electron chi connectivity index (χ4n) is 4.28. The van der Waals surface area contributed by atoms with Gasteiger partial charge in [0, 0.05) is 19.6 Å². The molecule has 8 nitrogen and oxygen atoms in total. The van der Waals surface area contributed by atoms with Crippen molar-refractivity contribution < 1.29 is 29.0 Å². The maximum Gasteiger partial charge on any atom is 0.407 e. The number of nitrogens with zero attached hydrogens (tertiary/aromatic N) is 1. The summed E-state index contributed by atoms with van der Waals surface area (Å²) in [4.78, 5) is 38.4. The number of methoxy groups -OCH3 is 1. The summed E-state index contributed by atoms with van der Waals surface area (Å²) in [5, 5.41) is 11.9. The Balaban J connectivity index is 1.71. The van der Waals surface area contributed by atoms with Crippen LogP contribution >= 0.6 is 0 Å². The van der Waals surface area contributed by atoms with Crippen molar-refractivity contribution >= 4 is 18.0 Å². The number of alkyl carbamates (subject to hydrolysis) is 1. The van der Waals surface area contributed by atoms with Crippen molar-refractivity contribution in [1.82, 2.24) is 10.2 Å². The van der Waals surface area contributed by atoms with Gasteiger partial charge in [0.25, 0.3) is 0 Å². The fraction of sp³-hybridized carbons (Fsp3) is 0.423. The lowest BCUT2D eigenvalue weighted by molar-refractivity contribution is -0.146. The number of amides is 2. The fourth-order valence-corrected chi connectivity index (χ4v) is 4.28. The second kappa shape index (κ2) is 11.7. The van der Waals surface area contributed by atoms with E-state index in [0.717, 1.165) is 22.3 Å². The van der Waals surface area contributed by atoms with Gasteiger partial charge in [-0.15, -0.1) is 0 Å². The summed E-state index contributed by atoms with van der Waals surface area (Å²) in [5.74, 6) is -1.91. The summed E-state index contributed by atoms with van der Waals surface area (Å²) >= 11 is 0. The molecule has 0 saturated heterocycles. The molecular formula is C26H32N2O6.